The summed E-state index contributed by atoms with van der Waals surface area (Å²) in [6, 6.07) is 10.5. The number of nitrogens with one attached hydrogen (secondary N) is 1. The van der Waals surface area contributed by atoms with Crippen molar-refractivity contribution < 1.29 is 0 Å². The van der Waals surface area contributed by atoms with Crippen molar-refractivity contribution in [2.45, 2.75) is 39.4 Å². The van der Waals surface area contributed by atoms with Gasteiger partial charge >= 0.3 is 0 Å². The molecule has 96 valence electrons. The van der Waals surface area contributed by atoms with Crippen molar-refractivity contribution in [3.63, 3.8) is 0 Å². The fraction of sp³-hybridized carbons (Fsp3) is 0.400. The van der Waals surface area contributed by atoms with Gasteiger partial charge in [-0.25, -0.2) is 0 Å². The molecule has 0 spiro atoms. The summed E-state index contributed by atoms with van der Waals surface area (Å²) in [5, 5.41) is 7.79. The maximum Gasteiger partial charge on any atom is 0.0662 e. The van der Waals surface area contributed by atoms with Crippen LogP contribution in [0.3, 0.4) is 0 Å². The normalized spacial score (nSPS) is 11.7. The Morgan fingerprint density at radius 2 is 1.83 bits per heavy atom. The Labute approximate surface area is 109 Å². The molecule has 0 bridgehead atoms. The number of hydrogen-bond donors (Lipinski definition) is 1. The van der Waals surface area contributed by atoms with Crippen LogP contribution in [0, 0.1) is 0 Å². The molecule has 0 unspecified atom stereocenters. The zero-order chi connectivity index (χ0) is 13.0. The van der Waals surface area contributed by atoms with Crippen LogP contribution in [0.15, 0.2) is 42.7 Å². The summed E-state index contributed by atoms with van der Waals surface area (Å²) in [5.74, 6) is 0. The van der Waals surface area contributed by atoms with Crippen LogP contribution in [0.2, 0.25) is 0 Å². The zero-order valence-electron chi connectivity index (χ0n) is 11.4. The lowest BCUT2D eigenvalue weighted by molar-refractivity contribution is 0.423. The van der Waals surface area contributed by atoms with Crippen LogP contribution >= 0.6 is 0 Å². The fourth-order valence-electron chi connectivity index (χ4n) is 1.81. The van der Waals surface area contributed by atoms with Crippen molar-refractivity contribution in [1.82, 2.24) is 15.1 Å². The second-order valence-electron chi connectivity index (χ2n) is 5.58. The molecule has 0 saturated heterocycles. The van der Waals surface area contributed by atoms with Gasteiger partial charge in [-0.05, 0) is 38.0 Å². The highest BCUT2D eigenvalue weighted by Gasteiger charge is 2.10. The van der Waals surface area contributed by atoms with E-state index < -0.39 is 0 Å². The number of hydrogen-bond acceptors (Lipinski definition) is 2. The summed E-state index contributed by atoms with van der Waals surface area (Å²) >= 11 is 0. The van der Waals surface area contributed by atoms with Crippen LogP contribution in [-0.2, 0) is 13.1 Å². The molecule has 0 aliphatic heterocycles. The van der Waals surface area contributed by atoms with Crippen molar-refractivity contribution in [3.05, 3.63) is 53.9 Å². The Morgan fingerprint density at radius 1 is 1.11 bits per heavy atom. The number of rotatable bonds is 4. The quantitative estimate of drug-likeness (QED) is 0.895. The highest BCUT2D eigenvalue weighted by Crippen LogP contribution is 2.12. The van der Waals surface area contributed by atoms with Gasteiger partial charge in [0.1, 0.15) is 0 Å². The first-order valence-corrected chi connectivity index (χ1v) is 6.34. The van der Waals surface area contributed by atoms with E-state index in [9.17, 15) is 0 Å². The minimum absolute atomic E-state index is 0.138. The Hall–Kier alpha value is -1.61. The van der Waals surface area contributed by atoms with Gasteiger partial charge in [-0.1, -0.05) is 24.3 Å². The second-order valence-corrected chi connectivity index (χ2v) is 5.58. The molecule has 3 nitrogen and oxygen atoms in total. The van der Waals surface area contributed by atoms with Gasteiger partial charge < -0.3 is 5.32 Å². The monoisotopic (exact) mass is 243 g/mol. The van der Waals surface area contributed by atoms with E-state index in [-0.39, 0.29) is 5.54 Å². The molecular weight excluding hydrogens is 222 g/mol. The summed E-state index contributed by atoms with van der Waals surface area (Å²) in [7, 11) is 0. The number of aromatic nitrogens is 2. The minimum Gasteiger partial charge on any atom is -0.308 e. The molecule has 0 saturated carbocycles. The highest BCUT2D eigenvalue weighted by atomic mass is 15.3. The molecule has 0 aliphatic carbocycles. The summed E-state index contributed by atoms with van der Waals surface area (Å²) in [6.07, 6.45) is 3.81. The van der Waals surface area contributed by atoms with E-state index in [0.29, 0.717) is 0 Å². The van der Waals surface area contributed by atoms with Crippen LogP contribution in [0.4, 0.5) is 0 Å². The molecule has 0 radical (unpaired) electrons. The van der Waals surface area contributed by atoms with Crippen molar-refractivity contribution in [1.29, 1.82) is 0 Å². The first-order chi connectivity index (χ1) is 8.54. The average Bonchev–Trinajstić information content (AvgIpc) is 2.80. The molecule has 0 fully saturated rings. The van der Waals surface area contributed by atoms with Crippen molar-refractivity contribution in [3.8, 4) is 0 Å². The summed E-state index contributed by atoms with van der Waals surface area (Å²) < 4.78 is 1.95. The standard InChI is InChI=1S/C15H21N3/c1-15(2,3)16-11-13-7-4-5-8-14(13)12-18-10-6-9-17-18/h4-10,16H,11-12H2,1-3H3. The average molecular weight is 243 g/mol. The summed E-state index contributed by atoms with van der Waals surface area (Å²) in [5.41, 5.74) is 2.79. The molecule has 2 aromatic rings. The van der Waals surface area contributed by atoms with Gasteiger partial charge in [-0.2, -0.15) is 5.10 Å². The first kappa shape index (κ1) is 12.8. The summed E-state index contributed by atoms with van der Waals surface area (Å²) in [6.45, 7) is 8.27. The number of benzene rings is 1. The molecule has 1 aromatic carbocycles. The molecule has 2 rings (SSSR count). The molecule has 0 atom stereocenters. The smallest absolute Gasteiger partial charge is 0.0662 e. The van der Waals surface area contributed by atoms with Gasteiger partial charge in [0.25, 0.3) is 0 Å². The minimum atomic E-state index is 0.138. The van der Waals surface area contributed by atoms with Crippen LogP contribution < -0.4 is 5.32 Å². The molecule has 1 N–H and O–H groups in total. The lowest BCUT2D eigenvalue weighted by atomic mass is 10.0. The Kier molecular flexibility index (Phi) is 3.82. The Balaban J connectivity index is 2.10. The van der Waals surface area contributed by atoms with Gasteiger partial charge in [-0.3, -0.25) is 4.68 Å². The van der Waals surface area contributed by atoms with E-state index in [0.717, 1.165) is 13.1 Å². The van der Waals surface area contributed by atoms with Crippen LogP contribution in [0.1, 0.15) is 31.9 Å². The van der Waals surface area contributed by atoms with Crippen LogP contribution in [-0.4, -0.2) is 15.3 Å². The van der Waals surface area contributed by atoms with E-state index in [4.69, 9.17) is 0 Å². The van der Waals surface area contributed by atoms with Crippen molar-refractivity contribution in [2.24, 2.45) is 0 Å². The zero-order valence-corrected chi connectivity index (χ0v) is 11.4. The third-order valence-electron chi connectivity index (χ3n) is 2.82. The summed E-state index contributed by atoms with van der Waals surface area (Å²) in [4.78, 5) is 0. The third-order valence-corrected chi connectivity index (χ3v) is 2.82. The maximum absolute atomic E-state index is 4.26. The molecule has 3 heteroatoms. The van der Waals surface area contributed by atoms with Gasteiger partial charge in [0, 0.05) is 24.5 Å². The van der Waals surface area contributed by atoms with Crippen molar-refractivity contribution >= 4 is 0 Å². The molecule has 0 amide bonds. The van der Waals surface area contributed by atoms with Gasteiger partial charge in [0.15, 0.2) is 0 Å². The lowest BCUT2D eigenvalue weighted by Gasteiger charge is -2.21. The molecule has 18 heavy (non-hydrogen) atoms. The highest BCUT2D eigenvalue weighted by molar-refractivity contribution is 5.27. The predicted molar refractivity (Wildman–Crippen MR) is 74.4 cm³/mol. The van der Waals surface area contributed by atoms with Crippen molar-refractivity contribution in [2.75, 3.05) is 0 Å². The van der Waals surface area contributed by atoms with E-state index in [1.165, 1.54) is 11.1 Å². The number of nitrogens with zero attached hydrogens (tertiary/aromatic N) is 2. The molecule has 0 aliphatic rings. The molecule has 1 heterocycles. The Morgan fingerprint density at radius 3 is 2.44 bits per heavy atom. The molecule has 1 aromatic heterocycles. The Bertz CT molecular complexity index is 481. The largest absolute Gasteiger partial charge is 0.308 e. The van der Waals surface area contributed by atoms with Crippen LogP contribution in [0.5, 0.6) is 0 Å². The van der Waals surface area contributed by atoms with E-state index in [1.807, 2.05) is 23.1 Å². The second kappa shape index (κ2) is 5.36. The first-order valence-electron chi connectivity index (χ1n) is 6.34. The van der Waals surface area contributed by atoms with E-state index in [2.05, 4.69) is 55.5 Å². The van der Waals surface area contributed by atoms with Gasteiger partial charge in [-0.15, -0.1) is 0 Å². The lowest BCUT2D eigenvalue weighted by Crippen LogP contribution is -2.35. The fourth-order valence-corrected chi connectivity index (χ4v) is 1.81. The topological polar surface area (TPSA) is 29.9 Å². The third kappa shape index (κ3) is 3.70. The van der Waals surface area contributed by atoms with E-state index >= 15 is 0 Å². The van der Waals surface area contributed by atoms with Gasteiger partial charge in [0.2, 0.25) is 0 Å². The van der Waals surface area contributed by atoms with Crippen LogP contribution in [0.25, 0.3) is 0 Å². The predicted octanol–water partition coefficient (Wildman–Crippen LogP) is 2.82. The van der Waals surface area contributed by atoms with E-state index in [1.54, 1.807) is 0 Å². The maximum atomic E-state index is 4.26. The SMILES string of the molecule is CC(C)(C)NCc1ccccc1Cn1cccn1. The van der Waals surface area contributed by atoms with Gasteiger partial charge in [0.05, 0.1) is 6.54 Å². The molecular formula is C15H21N3.